The Bertz CT molecular complexity index is 624. The SMILES string of the molecule is CCC[C@H]1CN(Cc2cnc(NC(C)C)nc2)C[C@@H]1NS(C)(=O)=O.Cl. The summed E-state index contributed by atoms with van der Waals surface area (Å²) in [6, 6.07) is 0.287. The highest BCUT2D eigenvalue weighted by molar-refractivity contribution is 7.88. The van der Waals surface area contributed by atoms with E-state index in [1.54, 1.807) is 0 Å². The molecule has 1 aliphatic rings. The minimum absolute atomic E-state index is 0. The summed E-state index contributed by atoms with van der Waals surface area (Å²) in [6.45, 7) is 8.59. The highest BCUT2D eigenvalue weighted by Gasteiger charge is 2.33. The monoisotopic (exact) mass is 391 g/mol. The van der Waals surface area contributed by atoms with Gasteiger partial charge in [-0.15, -0.1) is 12.4 Å². The molecule has 1 aromatic heterocycles. The van der Waals surface area contributed by atoms with E-state index in [-0.39, 0.29) is 18.4 Å². The first kappa shape index (κ1) is 22.1. The van der Waals surface area contributed by atoms with Gasteiger partial charge in [-0.2, -0.15) is 0 Å². The molecule has 2 rings (SSSR count). The maximum atomic E-state index is 11.6. The first-order valence-corrected chi connectivity index (χ1v) is 10.4. The highest BCUT2D eigenvalue weighted by Crippen LogP contribution is 2.23. The third-order valence-electron chi connectivity index (χ3n) is 4.07. The summed E-state index contributed by atoms with van der Waals surface area (Å²) in [5, 5.41) is 3.17. The number of halogens is 1. The Labute approximate surface area is 157 Å². The fraction of sp³-hybridized carbons (Fsp3) is 0.750. The van der Waals surface area contributed by atoms with Crippen molar-refractivity contribution in [1.82, 2.24) is 19.6 Å². The van der Waals surface area contributed by atoms with Crippen LogP contribution in [-0.4, -0.2) is 54.7 Å². The molecule has 9 heteroatoms. The Hall–Kier alpha value is -0.960. The Morgan fingerprint density at radius 2 is 1.92 bits per heavy atom. The Balaban J connectivity index is 0.00000312. The number of anilines is 1. The Morgan fingerprint density at radius 3 is 2.44 bits per heavy atom. The molecular formula is C16H30ClN5O2S. The summed E-state index contributed by atoms with van der Waals surface area (Å²) in [7, 11) is -3.18. The molecule has 7 nitrogen and oxygen atoms in total. The quantitative estimate of drug-likeness (QED) is 0.703. The van der Waals surface area contributed by atoms with Crippen molar-refractivity contribution in [2.45, 2.75) is 52.2 Å². The maximum Gasteiger partial charge on any atom is 0.222 e. The molecule has 0 spiro atoms. The second kappa shape index (κ2) is 9.66. The van der Waals surface area contributed by atoms with E-state index in [1.807, 2.05) is 26.2 Å². The Kier molecular flexibility index (Phi) is 8.53. The van der Waals surface area contributed by atoms with Crippen molar-refractivity contribution in [3.63, 3.8) is 0 Å². The first-order chi connectivity index (χ1) is 11.3. The second-order valence-electron chi connectivity index (χ2n) is 6.95. The van der Waals surface area contributed by atoms with Crippen LogP contribution < -0.4 is 10.0 Å². The number of aromatic nitrogens is 2. The van der Waals surface area contributed by atoms with Crippen LogP contribution in [-0.2, 0) is 16.6 Å². The van der Waals surface area contributed by atoms with Gasteiger partial charge in [0.1, 0.15) is 0 Å². The van der Waals surface area contributed by atoms with E-state index in [0.717, 1.165) is 38.0 Å². The van der Waals surface area contributed by atoms with Crippen LogP contribution in [0.2, 0.25) is 0 Å². The van der Waals surface area contributed by atoms with Crippen molar-refractivity contribution in [2.75, 3.05) is 24.7 Å². The summed E-state index contributed by atoms with van der Waals surface area (Å²) in [5.41, 5.74) is 1.04. The topological polar surface area (TPSA) is 87.2 Å². The van der Waals surface area contributed by atoms with Gasteiger partial charge in [0.15, 0.2) is 0 Å². The number of hydrogen-bond acceptors (Lipinski definition) is 6. The van der Waals surface area contributed by atoms with Gasteiger partial charge in [0, 0.05) is 49.7 Å². The molecule has 1 saturated heterocycles. The normalized spacial score (nSPS) is 21.3. The standard InChI is InChI=1S/C16H29N5O2S.ClH/c1-5-6-14-10-21(11-15(14)20-24(4,22)23)9-13-7-17-16(18-8-13)19-12(2)3;/h7-8,12,14-15,20H,5-6,9-11H2,1-4H3,(H,17,18,19);1H/t14-,15-;/m0./s1. The molecule has 144 valence electrons. The number of nitrogens with zero attached hydrogens (tertiary/aromatic N) is 3. The smallest absolute Gasteiger partial charge is 0.222 e. The molecule has 1 fully saturated rings. The van der Waals surface area contributed by atoms with E-state index < -0.39 is 10.0 Å². The molecule has 0 bridgehead atoms. The number of sulfonamides is 1. The molecule has 0 saturated carbocycles. The second-order valence-corrected chi connectivity index (χ2v) is 8.73. The zero-order valence-electron chi connectivity index (χ0n) is 15.4. The highest BCUT2D eigenvalue weighted by atomic mass is 35.5. The van der Waals surface area contributed by atoms with E-state index in [9.17, 15) is 8.42 Å². The molecule has 0 aromatic carbocycles. The van der Waals surface area contributed by atoms with Crippen molar-refractivity contribution in [3.8, 4) is 0 Å². The van der Waals surface area contributed by atoms with Crippen molar-refractivity contribution in [2.24, 2.45) is 5.92 Å². The van der Waals surface area contributed by atoms with Crippen LogP contribution in [0.25, 0.3) is 0 Å². The first-order valence-electron chi connectivity index (χ1n) is 8.54. The lowest BCUT2D eigenvalue weighted by Crippen LogP contribution is -2.39. The number of rotatable bonds is 8. The molecule has 0 unspecified atom stereocenters. The lowest BCUT2D eigenvalue weighted by atomic mass is 9.99. The molecule has 2 heterocycles. The third kappa shape index (κ3) is 7.43. The van der Waals surface area contributed by atoms with Crippen LogP contribution in [0.1, 0.15) is 39.2 Å². The fourth-order valence-electron chi connectivity index (χ4n) is 3.19. The van der Waals surface area contributed by atoms with Crippen molar-refractivity contribution >= 4 is 28.4 Å². The number of likely N-dealkylation sites (tertiary alicyclic amines) is 1. The van der Waals surface area contributed by atoms with Crippen LogP contribution in [0.3, 0.4) is 0 Å². The van der Waals surface area contributed by atoms with Crippen molar-refractivity contribution < 1.29 is 8.42 Å². The van der Waals surface area contributed by atoms with Gasteiger partial charge in [-0.25, -0.2) is 23.1 Å². The van der Waals surface area contributed by atoms with Gasteiger partial charge in [-0.3, -0.25) is 4.90 Å². The lowest BCUT2D eigenvalue weighted by molar-refractivity contribution is 0.311. The van der Waals surface area contributed by atoms with Crippen LogP contribution in [0.4, 0.5) is 5.95 Å². The Morgan fingerprint density at radius 1 is 1.28 bits per heavy atom. The van der Waals surface area contributed by atoms with Crippen molar-refractivity contribution in [3.05, 3.63) is 18.0 Å². The molecular weight excluding hydrogens is 362 g/mol. The van der Waals surface area contributed by atoms with Crippen molar-refractivity contribution in [1.29, 1.82) is 0 Å². The third-order valence-corrected chi connectivity index (χ3v) is 4.80. The number of nitrogens with one attached hydrogen (secondary N) is 2. The lowest BCUT2D eigenvalue weighted by Gasteiger charge is -2.17. The molecule has 2 N–H and O–H groups in total. The average molecular weight is 392 g/mol. The van der Waals surface area contributed by atoms with Crippen LogP contribution in [0.15, 0.2) is 12.4 Å². The summed E-state index contributed by atoms with van der Waals surface area (Å²) in [5.74, 6) is 0.989. The molecule has 0 radical (unpaired) electrons. The van der Waals surface area contributed by atoms with E-state index in [2.05, 4.69) is 31.8 Å². The van der Waals surface area contributed by atoms with Gasteiger partial charge in [0.25, 0.3) is 0 Å². The van der Waals surface area contributed by atoms with Crippen LogP contribution >= 0.6 is 12.4 Å². The minimum Gasteiger partial charge on any atom is -0.352 e. The van der Waals surface area contributed by atoms with Gasteiger partial charge in [-0.05, 0) is 26.2 Å². The fourth-order valence-corrected chi connectivity index (χ4v) is 4.01. The maximum absolute atomic E-state index is 11.6. The molecule has 0 amide bonds. The molecule has 25 heavy (non-hydrogen) atoms. The molecule has 1 aliphatic heterocycles. The van der Waals surface area contributed by atoms with E-state index in [4.69, 9.17) is 0 Å². The predicted molar refractivity (Wildman–Crippen MR) is 103 cm³/mol. The zero-order valence-corrected chi connectivity index (χ0v) is 17.0. The van der Waals surface area contributed by atoms with E-state index in [0.29, 0.717) is 17.9 Å². The van der Waals surface area contributed by atoms with E-state index >= 15 is 0 Å². The van der Waals surface area contributed by atoms with Gasteiger partial charge < -0.3 is 5.32 Å². The van der Waals surface area contributed by atoms with Gasteiger partial charge in [-0.1, -0.05) is 13.3 Å². The molecule has 1 aromatic rings. The van der Waals surface area contributed by atoms with Crippen LogP contribution in [0, 0.1) is 5.92 Å². The largest absolute Gasteiger partial charge is 0.352 e. The van der Waals surface area contributed by atoms with Crippen LogP contribution in [0.5, 0.6) is 0 Å². The number of hydrogen-bond donors (Lipinski definition) is 2. The van der Waals surface area contributed by atoms with E-state index in [1.165, 1.54) is 6.26 Å². The average Bonchev–Trinajstić information content (AvgIpc) is 2.80. The summed E-state index contributed by atoms with van der Waals surface area (Å²) >= 11 is 0. The zero-order chi connectivity index (χ0) is 17.7. The minimum atomic E-state index is -3.18. The van der Waals surface area contributed by atoms with Gasteiger partial charge in [0.05, 0.1) is 6.26 Å². The van der Waals surface area contributed by atoms with Gasteiger partial charge in [0.2, 0.25) is 16.0 Å². The molecule has 2 atom stereocenters. The summed E-state index contributed by atoms with van der Waals surface area (Å²) in [6.07, 6.45) is 6.98. The predicted octanol–water partition coefficient (Wildman–Crippen LogP) is 1.87. The molecule has 0 aliphatic carbocycles. The van der Waals surface area contributed by atoms with Gasteiger partial charge >= 0.3 is 0 Å². The summed E-state index contributed by atoms with van der Waals surface area (Å²) in [4.78, 5) is 10.9. The summed E-state index contributed by atoms with van der Waals surface area (Å²) < 4.78 is 25.9.